The molecule has 1 aromatic carbocycles. The lowest BCUT2D eigenvalue weighted by Crippen LogP contribution is -2.16. The summed E-state index contributed by atoms with van der Waals surface area (Å²) in [5.74, 6) is -7.00. The van der Waals surface area contributed by atoms with E-state index < -0.39 is 44.0 Å². The minimum absolute atomic E-state index is 1.98. The van der Waals surface area contributed by atoms with E-state index >= 15 is 0 Å². The van der Waals surface area contributed by atoms with Crippen LogP contribution in [0.5, 0.6) is 5.75 Å². The Balaban J connectivity index is 3.79. The molecule has 0 fully saturated rings. The number of rotatable bonds is 2. The number of halogens is 4. The maximum Gasteiger partial charge on any atom is 0.318 e. The van der Waals surface area contributed by atoms with E-state index in [0.717, 1.165) is 0 Å². The second kappa shape index (κ2) is 3.88. The summed E-state index contributed by atoms with van der Waals surface area (Å²) in [6.07, 6.45) is 0. The van der Waals surface area contributed by atoms with E-state index in [0.29, 0.717) is 0 Å². The van der Waals surface area contributed by atoms with Crippen LogP contribution in [0.25, 0.3) is 0 Å². The zero-order chi connectivity index (χ0) is 12.7. The van der Waals surface area contributed by atoms with Crippen molar-refractivity contribution >= 4 is 10.1 Å². The Morgan fingerprint density at radius 1 is 1.00 bits per heavy atom. The number of nitrogens with two attached hydrogens (primary N) is 1. The van der Waals surface area contributed by atoms with E-state index in [1.165, 1.54) is 0 Å². The third kappa shape index (κ3) is 1.70. The van der Waals surface area contributed by atoms with Crippen molar-refractivity contribution in [2.45, 2.75) is 4.90 Å². The van der Waals surface area contributed by atoms with E-state index in [-0.39, 0.29) is 0 Å². The smallest absolute Gasteiger partial charge is 0.318 e. The molecule has 0 spiro atoms. The molecule has 1 aromatic rings. The van der Waals surface area contributed by atoms with E-state index in [1.807, 2.05) is 0 Å². The van der Waals surface area contributed by atoms with Gasteiger partial charge in [-0.05, 0) is 0 Å². The second-order valence-electron chi connectivity index (χ2n) is 2.48. The van der Waals surface area contributed by atoms with Crippen molar-refractivity contribution in [3.05, 3.63) is 23.3 Å². The lowest BCUT2D eigenvalue weighted by Gasteiger charge is -2.07. The lowest BCUT2D eigenvalue weighted by atomic mass is 10.3. The minimum atomic E-state index is -5.18. The Morgan fingerprint density at radius 3 is 1.69 bits per heavy atom. The number of phenols is 1. The highest BCUT2D eigenvalue weighted by Gasteiger charge is 2.33. The number of benzene rings is 1. The predicted molar refractivity (Wildman–Crippen MR) is 40.4 cm³/mol. The van der Waals surface area contributed by atoms with Crippen molar-refractivity contribution in [1.82, 2.24) is 0 Å². The van der Waals surface area contributed by atoms with Crippen LogP contribution in [0.2, 0.25) is 0 Å². The molecule has 5 nitrogen and oxygen atoms in total. The van der Waals surface area contributed by atoms with Crippen LogP contribution in [0.4, 0.5) is 17.6 Å². The fourth-order valence-electron chi connectivity index (χ4n) is 0.868. The van der Waals surface area contributed by atoms with Gasteiger partial charge in [0.2, 0.25) is 11.6 Å². The first kappa shape index (κ1) is 12.7. The van der Waals surface area contributed by atoms with Gasteiger partial charge >= 0.3 is 10.1 Å². The Labute approximate surface area is 86.1 Å². The molecule has 90 valence electrons. The summed E-state index contributed by atoms with van der Waals surface area (Å²) < 4.78 is 76.1. The van der Waals surface area contributed by atoms with Crippen LogP contribution in [-0.4, -0.2) is 13.5 Å². The van der Waals surface area contributed by atoms with Gasteiger partial charge in [-0.1, -0.05) is 0 Å². The summed E-state index contributed by atoms with van der Waals surface area (Å²) in [6, 6.07) is 0. The summed E-state index contributed by atoms with van der Waals surface area (Å²) in [6.45, 7) is 0. The third-order valence-electron chi connectivity index (χ3n) is 1.58. The quantitative estimate of drug-likeness (QED) is 0.460. The molecule has 10 heteroatoms. The van der Waals surface area contributed by atoms with Crippen molar-refractivity contribution < 1.29 is 35.4 Å². The normalized spacial score (nSPS) is 11.8. The zero-order valence-electron chi connectivity index (χ0n) is 7.17. The lowest BCUT2D eigenvalue weighted by molar-refractivity contribution is 0.312. The monoisotopic (exact) mass is 261 g/mol. The largest absolute Gasteiger partial charge is 0.503 e. The molecule has 0 radical (unpaired) electrons. The SMILES string of the molecule is NOS(=O)(=O)c1c(F)c(F)c(O)c(F)c1F. The van der Waals surface area contributed by atoms with Crippen LogP contribution in [0.15, 0.2) is 4.90 Å². The molecule has 0 aliphatic rings. The highest BCUT2D eigenvalue weighted by atomic mass is 32.2. The molecule has 0 heterocycles. The molecule has 0 bridgehead atoms. The summed E-state index contributed by atoms with van der Waals surface area (Å²) in [5.41, 5.74) is 0. The van der Waals surface area contributed by atoms with Crippen molar-refractivity contribution in [1.29, 1.82) is 0 Å². The summed E-state index contributed by atoms with van der Waals surface area (Å²) >= 11 is 0. The van der Waals surface area contributed by atoms with Gasteiger partial charge in [0, 0.05) is 0 Å². The molecule has 0 saturated heterocycles. The number of hydrogen-bond donors (Lipinski definition) is 2. The van der Waals surface area contributed by atoms with Crippen LogP contribution in [0, 0.1) is 23.3 Å². The molecule has 0 aliphatic carbocycles. The van der Waals surface area contributed by atoms with Crippen molar-refractivity contribution in [2.75, 3.05) is 0 Å². The van der Waals surface area contributed by atoms with Crippen molar-refractivity contribution in [3.63, 3.8) is 0 Å². The number of aromatic hydroxyl groups is 1. The summed E-state index contributed by atoms with van der Waals surface area (Å²) in [7, 11) is -5.18. The number of phenolic OH excluding ortho intramolecular Hbond substituents is 1. The molecule has 0 amide bonds. The molecule has 1 rings (SSSR count). The van der Waals surface area contributed by atoms with Crippen molar-refractivity contribution in [3.8, 4) is 5.75 Å². The second-order valence-corrected chi connectivity index (χ2v) is 3.99. The van der Waals surface area contributed by atoms with E-state index in [4.69, 9.17) is 5.11 Å². The highest BCUT2D eigenvalue weighted by molar-refractivity contribution is 7.86. The van der Waals surface area contributed by atoms with Gasteiger partial charge < -0.3 is 5.11 Å². The molecule has 3 N–H and O–H groups in total. The maximum atomic E-state index is 12.9. The van der Waals surface area contributed by atoms with Gasteiger partial charge in [0.1, 0.15) is 0 Å². The fraction of sp³-hybridized carbons (Fsp3) is 0. The summed E-state index contributed by atoms with van der Waals surface area (Å²) in [5, 5.41) is 8.53. The van der Waals surface area contributed by atoms with Gasteiger partial charge in [-0.2, -0.15) is 27.4 Å². The Hall–Kier alpha value is -1.39. The van der Waals surface area contributed by atoms with Gasteiger partial charge in [-0.15, -0.1) is 0 Å². The fourth-order valence-corrected chi connectivity index (χ4v) is 1.58. The van der Waals surface area contributed by atoms with E-state index in [2.05, 4.69) is 10.2 Å². The maximum absolute atomic E-state index is 12.9. The first-order valence-electron chi connectivity index (χ1n) is 3.42. The molecule has 0 unspecified atom stereocenters. The molecule has 0 atom stereocenters. The average Bonchev–Trinajstić information content (AvgIpc) is 2.23. The Morgan fingerprint density at radius 2 is 1.38 bits per heavy atom. The van der Waals surface area contributed by atoms with Gasteiger partial charge in [-0.25, -0.2) is 8.78 Å². The molecular formula is C6H3F4NO4S. The minimum Gasteiger partial charge on any atom is -0.503 e. The Kier molecular flexibility index (Phi) is 3.08. The van der Waals surface area contributed by atoms with Crippen LogP contribution in [-0.2, 0) is 14.4 Å². The molecule has 16 heavy (non-hydrogen) atoms. The topological polar surface area (TPSA) is 89.6 Å². The van der Waals surface area contributed by atoms with E-state index in [9.17, 15) is 26.0 Å². The van der Waals surface area contributed by atoms with Crippen LogP contribution in [0.1, 0.15) is 0 Å². The zero-order valence-corrected chi connectivity index (χ0v) is 7.99. The molecular weight excluding hydrogens is 258 g/mol. The molecule has 0 aliphatic heterocycles. The highest BCUT2D eigenvalue weighted by Crippen LogP contribution is 2.31. The molecule has 0 saturated carbocycles. The van der Waals surface area contributed by atoms with Crippen LogP contribution >= 0.6 is 0 Å². The summed E-state index contributed by atoms with van der Waals surface area (Å²) in [4.78, 5) is -2.05. The van der Waals surface area contributed by atoms with Gasteiger partial charge in [0.15, 0.2) is 22.3 Å². The first-order chi connectivity index (χ1) is 7.24. The first-order valence-corrected chi connectivity index (χ1v) is 4.83. The van der Waals surface area contributed by atoms with E-state index in [1.54, 1.807) is 0 Å². The predicted octanol–water partition coefficient (Wildman–Crippen LogP) is 0.528. The van der Waals surface area contributed by atoms with Crippen molar-refractivity contribution in [2.24, 2.45) is 5.90 Å². The standard InChI is InChI=1S/C6H3F4NO4S/c7-1-3(9)6(16(13,14)15-11)4(10)2(8)5(1)12/h12H,11H2. The van der Waals surface area contributed by atoms with Gasteiger partial charge in [0.25, 0.3) is 0 Å². The van der Waals surface area contributed by atoms with Crippen LogP contribution in [0.3, 0.4) is 0 Å². The number of hydrogen-bond acceptors (Lipinski definition) is 5. The van der Waals surface area contributed by atoms with Gasteiger partial charge in [0.05, 0.1) is 0 Å². The van der Waals surface area contributed by atoms with Gasteiger partial charge in [-0.3, -0.25) is 0 Å². The molecule has 0 aromatic heterocycles. The Bertz CT molecular complexity index is 515. The third-order valence-corrected chi connectivity index (χ3v) is 2.69. The van der Waals surface area contributed by atoms with Crippen LogP contribution < -0.4 is 5.90 Å². The average molecular weight is 261 g/mol.